The molecular formula is C66H46N2OSi. The van der Waals surface area contributed by atoms with Crippen molar-refractivity contribution in [3.05, 3.63) is 279 Å². The molecule has 0 unspecified atom stereocenters. The second-order valence-electron chi connectivity index (χ2n) is 18.0. The van der Waals surface area contributed by atoms with Crippen LogP contribution in [-0.4, -0.2) is 12.6 Å². The molecule has 0 aliphatic heterocycles. The first kappa shape index (κ1) is 41.2. The maximum atomic E-state index is 6.31. The molecule has 0 saturated carbocycles. The van der Waals surface area contributed by atoms with Crippen LogP contribution >= 0.6 is 0 Å². The van der Waals surface area contributed by atoms with Crippen LogP contribution < -0.4 is 25.6 Å². The molecule has 2 heterocycles. The Balaban J connectivity index is 0.959. The van der Waals surface area contributed by atoms with Gasteiger partial charge in [0.05, 0.1) is 11.0 Å². The summed E-state index contributed by atoms with van der Waals surface area (Å²) in [5, 5.41) is 10.1. The fourth-order valence-corrected chi connectivity index (χ4v) is 15.8. The van der Waals surface area contributed by atoms with Crippen LogP contribution in [0.5, 0.6) is 0 Å². The van der Waals surface area contributed by atoms with Crippen LogP contribution in [0.3, 0.4) is 0 Å². The van der Waals surface area contributed by atoms with Gasteiger partial charge in [-0.05, 0) is 116 Å². The van der Waals surface area contributed by atoms with Gasteiger partial charge in [0.2, 0.25) is 0 Å². The molecule has 11 aromatic carbocycles. The summed E-state index contributed by atoms with van der Waals surface area (Å²) < 4.78 is 8.70. The van der Waals surface area contributed by atoms with Crippen LogP contribution in [0.4, 0.5) is 17.1 Å². The van der Waals surface area contributed by atoms with E-state index in [-0.39, 0.29) is 0 Å². The first-order valence-corrected chi connectivity index (χ1v) is 26.0. The third-order valence-corrected chi connectivity index (χ3v) is 19.0. The lowest BCUT2D eigenvalue weighted by Gasteiger charge is -2.35. The SMILES string of the molecule is c1ccc(-n2c3ccccc3c3c(-c4ccc(N(c5ccc(-c6cccc7oc8ccccc8c67)cc5)c5ccc([Si](c6ccccc6)(c6ccccc6)c6ccccc6)cc5)cc4)cccc32)cc1. The monoisotopic (exact) mass is 910 g/mol. The average molecular weight is 911 g/mol. The Morgan fingerprint density at radius 1 is 0.300 bits per heavy atom. The highest BCUT2D eigenvalue weighted by Gasteiger charge is 2.41. The summed E-state index contributed by atoms with van der Waals surface area (Å²) in [5.74, 6) is 0. The molecule has 4 heteroatoms. The zero-order chi connectivity index (χ0) is 46.4. The lowest BCUT2D eigenvalue weighted by molar-refractivity contribution is 0.669. The van der Waals surface area contributed by atoms with E-state index in [0.717, 1.165) is 55.8 Å². The van der Waals surface area contributed by atoms with Crippen LogP contribution in [0.1, 0.15) is 0 Å². The molecule has 0 radical (unpaired) electrons. The van der Waals surface area contributed by atoms with Gasteiger partial charge < -0.3 is 13.9 Å². The van der Waals surface area contributed by atoms with Crippen molar-refractivity contribution in [2.75, 3.05) is 4.90 Å². The molecule has 3 nitrogen and oxygen atoms in total. The van der Waals surface area contributed by atoms with E-state index in [9.17, 15) is 0 Å². The van der Waals surface area contributed by atoms with Crippen LogP contribution in [-0.2, 0) is 0 Å². The quantitative estimate of drug-likeness (QED) is 0.101. The maximum absolute atomic E-state index is 6.31. The van der Waals surface area contributed by atoms with E-state index in [1.54, 1.807) is 0 Å². The summed E-state index contributed by atoms with van der Waals surface area (Å²) in [4.78, 5) is 2.39. The molecule has 0 bridgehead atoms. The van der Waals surface area contributed by atoms with E-state index < -0.39 is 8.07 Å². The Morgan fingerprint density at radius 3 is 1.29 bits per heavy atom. The number of fused-ring (bicyclic) bond motifs is 6. The van der Waals surface area contributed by atoms with Crippen molar-refractivity contribution < 1.29 is 4.42 Å². The summed E-state index contributed by atoms with van der Waals surface area (Å²) in [5.41, 5.74) is 13.2. The molecule has 0 atom stereocenters. The Labute approximate surface area is 408 Å². The van der Waals surface area contributed by atoms with Gasteiger partial charge in [0.15, 0.2) is 8.07 Å². The molecule has 0 saturated heterocycles. The maximum Gasteiger partial charge on any atom is 0.179 e. The molecule has 330 valence electrons. The molecular weight excluding hydrogens is 865 g/mol. The second kappa shape index (κ2) is 17.3. The van der Waals surface area contributed by atoms with Crippen molar-refractivity contribution in [1.29, 1.82) is 0 Å². The van der Waals surface area contributed by atoms with Gasteiger partial charge in [-0.25, -0.2) is 0 Å². The molecule has 13 rings (SSSR count). The average Bonchev–Trinajstić information content (AvgIpc) is 4.00. The van der Waals surface area contributed by atoms with Crippen molar-refractivity contribution in [3.8, 4) is 27.9 Å². The van der Waals surface area contributed by atoms with E-state index in [1.807, 2.05) is 12.1 Å². The molecule has 2 aromatic heterocycles. The third kappa shape index (κ3) is 6.80. The van der Waals surface area contributed by atoms with E-state index in [1.165, 1.54) is 53.7 Å². The number of benzene rings is 11. The largest absolute Gasteiger partial charge is 0.456 e. The van der Waals surface area contributed by atoms with Crippen LogP contribution in [0, 0.1) is 0 Å². The van der Waals surface area contributed by atoms with E-state index >= 15 is 0 Å². The van der Waals surface area contributed by atoms with Crippen molar-refractivity contribution in [1.82, 2.24) is 4.57 Å². The number of rotatable bonds is 10. The first-order valence-electron chi connectivity index (χ1n) is 24.0. The fraction of sp³-hybridized carbons (Fsp3) is 0. The summed E-state index contributed by atoms with van der Waals surface area (Å²) >= 11 is 0. The molecule has 70 heavy (non-hydrogen) atoms. The molecule has 0 N–H and O–H groups in total. The summed E-state index contributed by atoms with van der Waals surface area (Å²) in [6, 6.07) is 102. The zero-order valence-electron chi connectivity index (χ0n) is 38.4. The first-order chi connectivity index (χ1) is 34.7. The van der Waals surface area contributed by atoms with Crippen LogP contribution in [0.25, 0.3) is 71.7 Å². The normalized spacial score (nSPS) is 11.7. The number of nitrogens with zero attached hydrogens (tertiary/aromatic N) is 2. The highest BCUT2D eigenvalue weighted by Crippen LogP contribution is 2.42. The zero-order valence-corrected chi connectivity index (χ0v) is 39.4. The number of aromatic nitrogens is 1. The van der Waals surface area contributed by atoms with Gasteiger partial charge in [0.25, 0.3) is 0 Å². The van der Waals surface area contributed by atoms with Gasteiger partial charge in [0, 0.05) is 44.3 Å². The number of furan rings is 1. The molecule has 0 aliphatic carbocycles. The topological polar surface area (TPSA) is 21.3 Å². The summed E-state index contributed by atoms with van der Waals surface area (Å²) in [7, 11) is -2.73. The van der Waals surface area contributed by atoms with Crippen molar-refractivity contribution in [2.24, 2.45) is 0 Å². The highest BCUT2D eigenvalue weighted by atomic mass is 28.3. The van der Waals surface area contributed by atoms with Crippen molar-refractivity contribution in [2.45, 2.75) is 0 Å². The minimum Gasteiger partial charge on any atom is -0.456 e. The lowest BCUT2D eigenvalue weighted by Crippen LogP contribution is -2.74. The minimum absolute atomic E-state index is 0.894. The number of para-hydroxylation sites is 3. The predicted molar refractivity (Wildman–Crippen MR) is 297 cm³/mol. The van der Waals surface area contributed by atoms with Crippen molar-refractivity contribution >= 4 is 89.6 Å². The molecule has 0 fully saturated rings. The van der Waals surface area contributed by atoms with Gasteiger partial charge in [-0.15, -0.1) is 0 Å². The lowest BCUT2D eigenvalue weighted by atomic mass is 9.98. The van der Waals surface area contributed by atoms with Gasteiger partial charge in [0.1, 0.15) is 11.2 Å². The van der Waals surface area contributed by atoms with Gasteiger partial charge in [-0.3, -0.25) is 0 Å². The number of anilines is 3. The van der Waals surface area contributed by atoms with Gasteiger partial charge in [-0.2, -0.15) is 0 Å². The second-order valence-corrected chi connectivity index (χ2v) is 21.8. The standard InChI is InChI=1S/C66H46N2OSi/c1-5-19-49(20-6-1)68-61-31-15-13-27-59(61)65-57(29-17-32-62(65)68)47-35-39-50(40-36-47)67(51-41-37-48(38-42-51)58-30-18-34-64-66(58)60-28-14-16-33-63(60)69-64)52-43-45-56(46-44-52)70(53-21-7-2-8-22-53,54-23-9-3-10-24-54)55-25-11-4-12-26-55/h1-46H. The number of hydrogen-bond donors (Lipinski definition) is 0. The highest BCUT2D eigenvalue weighted by molar-refractivity contribution is 7.19. The molecule has 13 aromatic rings. The van der Waals surface area contributed by atoms with E-state index in [2.05, 4.69) is 276 Å². The van der Waals surface area contributed by atoms with Gasteiger partial charge in [-0.1, -0.05) is 206 Å². The summed E-state index contributed by atoms with van der Waals surface area (Å²) in [6.07, 6.45) is 0. The van der Waals surface area contributed by atoms with Crippen molar-refractivity contribution in [3.63, 3.8) is 0 Å². The molecule has 0 spiro atoms. The van der Waals surface area contributed by atoms with Crippen LogP contribution in [0.15, 0.2) is 283 Å². The molecule has 0 aliphatic rings. The minimum atomic E-state index is -2.73. The third-order valence-electron chi connectivity index (χ3n) is 14.2. The smallest absolute Gasteiger partial charge is 0.179 e. The Kier molecular flexibility index (Phi) is 10.2. The Bertz CT molecular complexity index is 3860. The van der Waals surface area contributed by atoms with Crippen LogP contribution in [0.2, 0.25) is 0 Å². The Morgan fingerprint density at radius 2 is 0.714 bits per heavy atom. The molecule has 0 amide bonds. The van der Waals surface area contributed by atoms with E-state index in [0.29, 0.717) is 0 Å². The van der Waals surface area contributed by atoms with E-state index in [4.69, 9.17) is 4.42 Å². The number of hydrogen-bond acceptors (Lipinski definition) is 2. The van der Waals surface area contributed by atoms with Gasteiger partial charge >= 0.3 is 0 Å². The summed E-state index contributed by atoms with van der Waals surface area (Å²) in [6.45, 7) is 0. The predicted octanol–water partition coefficient (Wildman–Crippen LogP) is 14.9. The Hall–Kier alpha value is -8.96. The fourth-order valence-electron chi connectivity index (χ4n) is 11.1.